The minimum atomic E-state index is -1.35. The number of hydrogen-bond acceptors (Lipinski definition) is 6. The average molecular weight is 494 g/mol. The number of nitrogens with one attached hydrogen (secondary N) is 1. The lowest BCUT2D eigenvalue weighted by atomic mass is 9.90. The van der Waals surface area contributed by atoms with Crippen molar-refractivity contribution in [3.8, 4) is 11.1 Å². The van der Waals surface area contributed by atoms with Crippen molar-refractivity contribution in [2.45, 2.75) is 57.6 Å². The first-order valence-electron chi connectivity index (χ1n) is 12.4. The molecule has 2 aromatic carbocycles. The summed E-state index contributed by atoms with van der Waals surface area (Å²) >= 11 is 0. The lowest BCUT2D eigenvalue weighted by molar-refractivity contribution is -0.308. The van der Waals surface area contributed by atoms with Gasteiger partial charge in [0.05, 0.1) is 12.0 Å². The molecule has 1 aliphatic carbocycles. The van der Waals surface area contributed by atoms with E-state index in [0.717, 1.165) is 22.3 Å². The number of fused-ring (bicyclic) bond motifs is 3. The van der Waals surface area contributed by atoms with Crippen LogP contribution in [0.5, 0.6) is 0 Å². The number of ether oxygens (including phenoxy) is 2. The van der Waals surface area contributed by atoms with Gasteiger partial charge in [-0.1, -0.05) is 48.5 Å². The Morgan fingerprint density at radius 2 is 1.56 bits per heavy atom. The second-order valence-electron chi connectivity index (χ2n) is 10.5. The van der Waals surface area contributed by atoms with Crippen LogP contribution >= 0.6 is 0 Å². The molecule has 8 heteroatoms. The molecule has 0 radical (unpaired) electrons. The zero-order valence-electron chi connectivity index (χ0n) is 21.0. The van der Waals surface area contributed by atoms with Crippen molar-refractivity contribution in [1.29, 1.82) is 0 Å². The number of carboxylic acid groups (broad SMARTS) is 1. The normalized spacial score (nSPS) is 16.6. The van der Waals surface area contributed by atoms with Crippen molar-refractivity contribution in [1.82, 2.24) is 10.2 Å². The van der Waals surface area contributed by atoms with Crippen LogP contribution < -0.4 is 10.4 Å². The average Bonchev–Trinajstić information content (AvgIpc) is 3.15. The van der Waals surface area contributed by atoms with Gasteiger partial charge in [0.25, 0.3) is 0 Å². The Balaban J connectivity index is 1.30. The predicted molar refractivity (Wildman–Crippen MR) is 132 cm³/mol. The molecule has 2 aliphatic rings. The highest BCUT2D eigenvalue weighted by molar-refractivity contribution is 5.80. The fraction of sp³-hybridized carbons (Fsp3) is 0.464. The number of carbonyl (C=O) groups is 3. The van der Waals surface area contributed by atoms with Gasteiger partial charge in [0.2, 0.25) is 0 Å². The number of alkyl carbamates (subject to hydrolysis) is 1. The Bertz CT molecular complexity index is 1070. The maximum Gasteiger partial charge on any atom is 0.410 e. The third kappa shape index (κ3) is 5.98. The van der Waals surface area contributed by atoms with Crippen molar-refractivity contribution in [3.63, 3.8) is 0 Å². The van der Waals surface area contributed by atoms with Crippen molar-refractivity contribution < 1.29 is 29.0 Å². The van der Waals surface area contributed by atoms with Gasteiger partial charge in [-0.25, -0.2) is 9.59 Å². The fourth-order valence-electron chi connectivity index (χ4n) is 5.01. The van der Waals surface area contributed by atoms with E-state index in [4.69, 9.17) is 9.47 Å². The number of rotatable bonds is 6. The van der Waals surface area contributed by atoms with Crippen LogP contribution in [0, 0.1) is 5.92 Å². The van der Waals surface area contributed by atoms with Gasteiger partial charge in [-0.05, 0) is 68.2 Å². The molecule has 4 rings (SSSR count). The highest BCUT2D eigenvalue weighted by Gasteiger charge is 2.31. The molecule has 1 aliphatic heterocycles. The van der Waals surface area contributed by atoms with E-state index in [0.29, 0.717) is 25.9 Å². The number of piperidine rings is 1. The Morgan fingerprint density at radius 1 is 1.00 bits per heavy atom. The van der Waals surface area contributed by atoms with Gasteiger partial charge in [0.15, 0.2) is 0 Å². The van der Waals surface area contributed by atoms with E-state index in [1.165, 1.54) is 0 Å². The van der Waals surface area contributed by atoms with Gasteiger partial charge >= 0.3 is 12.2 Å². The first-order chi connectivity index (χ1) is 17.1. The molecule has 2 amide bonds. The number of hydrogen-bond donors (Lipinski definition) is 1. The highest BCUT2D eigenvalue weighted by atomic mass is 16.6. The molecule has 0 spiro atoms. The first kappa shape index (κ1) is 25.5. The predicted octanol–water partition coefficient (Wildman–Crippen LogP) is 3.68. The Labute approximate surface area is 211 Å². The molecule has 1 atom stereocenters. The summed E-state index contributed by atoms with van der Waals surface area (Å²) in [4.78, 5) is 38.2. The number of carbonyl (C=O) groups excluding carboxylic acids is 3. The van der Waals surface area contributed by atoms with E-state index in [-0.39, 0.29) is 31.0 Å². The molecule has 0 bridgehead atoms. The molecular formula is C28H33N2O6-. The molecule has 0 unspecified atom stereocenters. The van der Waals surface area contributed by atoms with E-state index >= 15 is 0 Å². The van der Waals surface area contributed by atoms with Gasteiger partial charge in [-0.3, -0.25) is 0 Å². The van der Waals surface area contributed by atoms with Gasteiger partial charge < -0.3 is 29.6 Å². The van der Waals surface area contributed by atoms with E-state index in [9.17, 15) is 19.5 Å². The van der Waals surface area contributed by atoms with Crippen LogP contribution in [0.1, 0.15) is 57.1 Å². The largest absolute Gasteiger partial charge is 0.548 e. The molecule has 1 heterocycles. The number of likely N-dealkylation sites (tertiary alicyclic amines) is 1. The zero-order chi connectivity index (χ0) is 25.9. The SMILES string of the molecule is CC(C)(C)OC(=O)N1CCC(C[C@H](NC(=O)OCC2c3ccccc3-c3ccccc32)C(=O)[O-])CC1. The first-order valence-corrected chi connectivity index (χ1v) is 12.4. The molecule has 0 aromatic heterocycles. The van der Waals surface area contributed by atoms with Crippen molar-refractivity contribution >= 4 is 18.2 Å². The number of benzene rings is 2. The molecule has 1 N–H and O–H groups in total. The molecule has 0 saturated carbocycles. The summed E-state index contributed by atoms with van der Waals surface area (Å²) in [6.45, 7) is 6.51. The topological polar surface area (TPSA) is 108 Å². The summed E-state index contributed by atoms with van der Waals surface area (Å²) in [7, 11) is 0. The minimum Gasteiger partial charge on any atom is -0.548 e. The van der Waals surface area contributed by atoms with Crippen LogP contribution in [0.2, 0.25) is 0 Å². The molecule has 192 valence electrons. The second-order valence-corrected chi connectivity index (χ2v) is 10.5. The Morgan fingerprint density at radius 3 is 2.08 bits per heavy atom. The summed E-state index contributed by atoms with van der Waals surface area (Å²) < 4.78 is 10.9. The molecule has 36 heavy (non-hydrogen) atoms. The van der Waals surface area contributed by atoms with Crippen molar-refractivity contribution in [3.05, 3.63) is 59.7 Å². The monoisotopic (exact) mass is 493 g/mol. The summed E-state index contributed by atoms with van der Waals surface area (Å²) in [5.74, 6) is -1.43. The van der Waals surface area contributed by atoms with Gasteiger partial charge in [0, 0.05) is 19.0 Å². The molecular weight excluding hydrogens is 460 g/mol. The van der Waals surface area contributed by atoms with Crippen LogP contribution in [0.15, 0.2) is 48.5 Å². The van der Waals surface area contributed by atoms with Crippen LogP contribution in [-0.2, 0) is 14.3 Å². The number of carboxylic acids is 1. The molecule has 1 fully saturated rings. The van der Waals surface area contributed by atoms with Crippen molar-refractivity contribution in [2.75, 3.05) is 19.7 Å². The van der Waals surface area contributed by atoms with E-state index < -0.39 is 23.7 Å². The van der Waals surface area contributed by atoms with Crippen LogP contribution in [-0.4, -0.2) is 54.4 Å². The highest BCUT2D eigenvalue weighted by Crippen LogP contribution is 2.44. The number of nitrogens with zero attached hydrogens (tertiary/aromatic N) is 1. The summed E-state index contributed by atoms with van der Waals surface area (Å²) in [6, 6.07) is 14.9. The molecule has 2 aromatic rings. The second kappa shape index (κ2) is 10.6. The third-order valence-corrected chi connectivity index (χ3v) is 6.76. The quantitative estimate of drug-likeness (QED) is 0.658. The third-order valence-electron chi connectivity index (χ3n) is 6.76. The van der Waals surface area contributed by atoms with Gasteiger partial charge in [-0.15, -0.1) is 0 Å². The van der Waals surface area contributed by atoms with Gasteiger partial charge in [-0.2, -0.15) is 0 Å². The Kier molecular flexibility index (Phi) is 7.52. The maximum atomic E-state index is 12.6. The zero-order valence-corrected chi connectivity index (χ0v) is 21.0. The van der Waals surface area contributed by atoms with E-state index in [1.807, 2.05) is 57.2 Å². The van der Waals surface area contributed by atoms with Crippen LogP contribution in [0.4, 0.5) is 9.59 Å². The lowest BCUT2D eigenvalue weighted by Gasteiger charge is -2.34. The smallest absolute Gasteiger partial charge is 0.410 e. The fourth-order valence-corrected chi connectivity index (χ4v) is 5.01. The van der Waals surface area contributed by atoms with Crippen LogP contribution in [0.3, 0.4) is 0 Å². The van der Waals surface area contributed by atoms with Crippen LogP contribution in [0.25, 0.3) is 11.1 Å². The van der Waals surface area contributed by atoms with E-state index in [2.05, 4.69) is 17.4 Å². The lowest BCUT2D eigenvalue weighted by Crippen LogP contribution is -2.50. The Hall–Kier alpha value is -3.55. The van der Waals surface area contributed by atoms with Gasteiger partial charge in [0.1, 0.15) is 12.2 Å². The summed E-state index contributed by atoms with van der Waals surface area (Å²) in [6.07, 6.45) is 0.311. The standard InChI is InChI=1S/C28H34N2O6/c1-28(2,3)36-27(34)30-14-12-18(13-15-30)16-24(25(31)32)29-26(33)35-17-23-21-10-6-4-8-19(21)20-9-5-7-11-22(20)23/h4-11,18,23-24H,12-17H2,1-3H3,(H,29,33)(H,31,32)/p-1/t24-/m0/s1. The van der Waals surface area contributed by atoms with E-state index in [1.54, 1.807) is 4.90 Å². The number of aliphatic carboxylic acids is 1. The maximum absolute atomic E-state index is 12.6. The molecule has 1 saturated heterocycles. The summed E-state index contributed by atoms with van der Waals surface area (Å²) in [5, 5.41) is 14.2. The molecule has 8 nitrogen and oxygen atoms in total. The summed E-state index contributed by atoms with van der Waals surface area (Å²) in [5.41, 5.74) is 3.83. The van der Waals surface area contributed by atoms with Crippen molar-refractivity contribution in [2.24, 2.45) is 5.92 Å². The minimum absolute atomic E-state index is 0.0282. The number of amides is 2.